The van der Waals surface area contributed by atoms with Gasteiger partial charge in [-0.1, -0.05) is 6.07 Å². The van der Waals surface area contributed by atoms with Crippen LogP contribution < -0.4 is 10.2 Å². The van der Waals surface area contributed by atoms with Crippen molar-refractivity contribution < 1.29 is 12.8 Å². The van der Waals surface area contributed by atoms with Crippen LogP contribution >= 0.6 is 12.4 Å². The number of aromatic nitrogens is 2. The fourth-order valence-electron chi connectivity index (χ4n) is 3.11. The van der Waals surface area contributed by atoms with Crippen molar-refractivity contribution >= 4 is 39.0 Å². The first-order chi connectivity index (χ1) is 12.1. The first-order valence-electron chi connectivity index (χ1n) is 8.00. The lowest BCUT2D eigenvalue weighted by molar-refractivity contribution is 0.586. The topological polar surface area (TPSA) is 78.1 Å². The van der Waals surface area contributed by atoms with Crippen molar-refractivity contribution in [3.05, 3.63) is 48.5 Å². The van der Waals surface area contributed by atoms with Gasteiger partial charge in [0.25, 0.3) is 0 Å². The Hall–Kier alpha value is -2.16. The fourth-order valence-corrected chi connectivity index (χ4v) is 4.57. The molecule has 0 bridgehead atoms. The van der Waals surface area contributed by atoms with Gasteiger partial charge in [0.15, 0.2) is 5.82 Å². The maximum Gasteiger partial charge on any atom is 0.208 e. The second kappa shape index (κ2) is 7.22. The Morgan fingerprint density at radius 2 is 1.92 bits per heavy atom. The van der Waals surface area contributed by atoms with Gasteiger partial charge in [0, 0.05) is 44.0 Å². The minimum atomic E-state index is -3.82. The van der Waals surface area contributed by atoms with E-state index in [0.717, 1.165) is 38.1 Å². The van der Waals surface area contributed by atoms with Crippen LogP contribution in [0.2, 0.25) is 0 Å². The van der Waals surface area contributed by atoms with Crippen LogP contribution in [-0.4, -0.2) is 44.6 Å². The van der Waals surface area contributed by atoms with Crippen molar-refractivity contribution in [2.24, 2.45) is 0 Å². The highest BCUT2D eigenvalue weighted by atomic mass is 35.5. The van der Waals surface area contributed by atoms with Gasteiger partial charge in [-0.15, -0.1) is 12.4 Å². The maximum atomic E-state index is 13.5. The van der Waals surface area contributed by atoms with Crippen LogP contribution in [0.25, 0.3) is 10.9 Å². The summed E-state index contributed by atoms with van der Waals surface area (Å²) >= 11 is 0. The van der Waals surface area contributed by atoms with Crippen LogP contribution in [0.4, 0.5) is 10.2 Å². The third-order valence-electron chi connectivity index (χ3n) is 4.36. The van der Waals surface area contributed by atoms with Crippen LogP contribution in [0.15, 0.2) is 52.5 Å². The first-order valence-corrected chi connectivity index (χ1v) is 9.48. The molecule has 0 saturated carbocycles. The lowest BCUT2D eigenvalue weighted by atomic mass is 10.2. The normalized spacial score (nSPS) is 15.0. The number of H-pyrrole nitrogens is 1. The molecule has 1 fully saturated rings. The van der Waals surface area contributed by atoms with Crippen LogP contribution in [0.5, 0.6) is 0 Å². The summed E-state index contributed by atoms with van der Waals surface area (Å²) in [5.74, 6) is 0.156. The number of anilines is 1. The van der Waals surface area contributed by atoms with Gasteiger partial charge in [0.05, 0.1) is 15.3 Å². The number of pyridine rings is 1. The van der Waals surface area contributed by atoms with Crippen molar-refractivity contribution in [2.45, 2.75) is 9.79 Å². The van der Waals surface area contributed by atoms with E-state index in [9.17, 15) is 12.8 Å². The second-order valence-electron chi connectivity index (χ2n) is 5.91. The monoisotopic (exact) mass is 396 g/mol. The summed E-state index contributed by atoms with van der Waals surface area (Å²) in [5.41, 5.74) is 0.680. The van der Waals surface area contributed by atoms with Gasteiger partial charge >= 0.3 is 0 Å². The maximum absolute atomic E-state index is 13.5. The highest BCUT2D eigenvalue weighted by molar-refractivity contribution is 7.91. The number of benzene rings is 1. The summed E-state index contributed by atoms with van der Waals surface area (Å²) in [5, 5.41) is 3.84. The van der Waals surface area contributed by atoms with E-state index in [-0.39, 0.29) is 22.2 Å². The van der Waals surface area contributed by atoms with Crippen LogP contribution in [0.1, 0.15) is 0 Å². The number of halogens is 2. The van der Waals surface area contributed by atoms with Gasteiger partial charge in [-0.3, -0.25) is 0 Å². The average molecular weight is 397 g/mol. The summed E-state index contributed by atoms with van der Waals surface area (Å²) in [6.45, 7) is 3.31. The minimum Gasteiger partial charge on any atom is -0.357 e. The van der Waals surface area contributed by atoms with E-state index < -0.39 is 15.7 Å². The van der Waals surface area contributed by atoms with E-state index >= 15 is 0 Å². The highest BCUT2D eigenvalue weighted by Crippen LogP contribution is 2.32. The molecular formula is C17H18ClFN4O2S. The number of nitrogens with one attached hydrogen (secondary N) is 2. The van der Waals surface area contributed by atoms with E-state index in [1.54, 1.807) is 12.3 Å². The summed E-state index contributed by atoms with van der Waals surface area (Å²) < 4.78 is 39.3. The largest absolute Gasteiger partial charge is 0.357 e. The Morgan fingerprint density at radius 3 is 2.65 bits per heavy atom. The molecule has 1 aliphatic rings. The molecule has 3 aromatic rings. The molecule has 0 spiro atoms. The number of aromatic amines is 1. The van der Waals surface area contributed by atoms with Gasteiger partial charge in [0.1, 0.15) is 5.82 Å². The molecule has 0 unspecified atom stereocenters. The molecule has 138 valence electrons. The van der Waals surface area contributed by atoms with Gasteiger partial charge in [-0.05, 0) is 24.3 Å². The van der Waals surface area contributed by atoms with Gasteiger partial charge < -0.3 is 15.2 Å². The highest BCUT2D eigenvalue weighted by Gasteiger charge is 2.24. The number of hydrogen-bond donors (Lipinski definition) is 2. The van der Waals surface area contributed by atoms with Crippen LogP contribution in [-0.2, 0) is 9.84 Å². The van der Waals surface area contributed by atoms with E-state index in [2.05, 4.69) is 20.2 Å². The number of hydrogen-bond acceptors (Lipinski definition) is 5. The second-order valence-corrected chi connectivity index (χ2v) is 7.83. The Kier molecular flexibility index (Phi) is 5.17. The van der Waals surface area contributed by atoms with Gasteiger partial charge in [-0.25, -0.2) is 17.8 Å². The van der Waals surface area contributed by atoms with E-state index in [0.29, 0.717) is 10.9 Å². The van der Waals surface area contributed by atoms with Gasteiger partial charge in [0.2, 0.25) is 9.84 Å². The quantitative estimate of drug-likeness (QED) is 0.710. The molecule has 2 aromatic heterocycles. The third-order valence-corrected chi connectivity index (χ3v) is 6.15. The molecule has 1 saturated heterocycles. The number of piperazine rings is 1. The fraction of sp³-hybridized carbons (Fsp3) is 0.235. The summed E-state index contributed by atoms with van der Waals surface area (Å²) in [7, 11) is -3.82. The van der Waals surface area contributed by atoms with E-state index in [4.69, 9.17) is 0 Å². The predicted molar refractivity (Wildman–Crippen MR) is 100 cm³/mol. The Morgan fingerprint density at radius 1 is 1.15 bits per heavy atom. The first kappa shape index (κ1) is 18.6. The molecule has 0 radical (unpaired) electrons. The van der Waals surface area contributed by atoms with Crippen molar-refractivity contribution in [1.29, 1.82) is 0 Å². The number of nitrogens with zero attached hydrogens (tertiary/aromatic N) is 2. The number of sulfone groups is 1. The third kappa shape index (κ3) is 3.15. The molecule has 0 amide bonds. The minimum absolute atomic E-state index is 0. The standard InChI is InChI=1S/C17H17FN4O2S.ClH/c18-12-2-1-3-13(10-12)25(23,24)15-11-21-16-14(15)4-5-20-17(16)22-8-6-19-7-9-22;/h1-5,10-11,19,21H,6-9H2;1H. The van der Waals surface area contributed by atoms with E-state index in [1.807, 2.05) is 0 Å². The van der Waals surface area contributed by atoms with Crippen molar-refractivity contribution in [3.8, 4) is 0 Å². The zero-order chi connectivity index (χ0) is 17.4. The molecule has 0 atom stereocenters. The lowest BCUT2D eigenvalue weighted by Crippen LogP contribution is -2.44. The van der Waals surface area contributed by atoms with E-state index in [1.165, 1.54) is 24.4 Å². The molecule has 9 heteroatoms. The molecule has 1 aliphatic heterocycles. The Balaban J connectivity index is 0.00000196. The van der Waals surface area contributed by atoms with Crippen LogP contribution in [0, 0.1) is 5.82 Å². The zero-order valence-corrected chi connectivity index (χ0v) is 15.4. The Labute approximate surface area is 156 Å². The molecular weight excluding hydrogens is 379 g/mol. The lowest BCUT2D eigenvalue weighted by Gasteiger charge is -2.28. The summed E-state index contributed by atoms with van der Waals surface area (Å²) in [4.78, 5) is 9.66. The molecule has 4 rings (SSSR count). The zero-order valence-electron chi connectivity index (χ0n) is 13.8. The number of rotatable bonds is 3. The van der Waals surface area contributed by atoms with Crippen molar-refractivity contribution in [1.82, 2.24) is 15.3 Å². The molecule has 3 heterocycles. The van der Waals surface area contributed by atoms with Crippen LogP contribution in [0.3, 0.4) is 0 Å². The molecule has 26 heavy (non-hydrogen) atoms. The van der Waals surface area contributed by atoms with Gasteiger partial charge in [-0.2, -0.15) is 0 Å². The van der Waals surface area contributed by atoms with Crippen molar-refractivity contribution in [2.75, 3.05) is 31.1 Å². The molecule has 6 nitrogen and oxygen atoms in total. The number of fused-ring (bicyclic) bond motifs is 1. The molecule has 2 N–H and O–H groups in total. The predicted octanol–water partition coefficient (Wildman–Crippen LogP) is 2.37. The molecule has 0 aliphatic carbocycles. The summed E-state index contributed by atoms with van der Waals surface area (Å²) in [6, 6.07) is 6.72. The van der Waals surface area contributed by atoms with Crippen molar-refractivity contribution in [3.63, 3.8) is 0 Å². The SMILES string of the molecule is Cl.O=S(=O)(c1cccc(F)c1)c1c[nH]c2c(N3CCNCC3)nccc12. The molecule has 1 aromatic carbocycles. The smallest absolute Gasteiger partial charge is 0.208 e. The Bertz CT molecular complexity index is 1030. The summed E-state index contributed by atoms with van der Waals surface area (Å²) in [6.07, 6.45) is 3.07. The average Bonchev–Trinajstić information content (AvgIpc) is 3.07.